The van der Waals surface area contributed by atoms with E-state index in [0.29, 0.717) is 14.8 Å². The van der Waals surface area contributed by atoms with Crippen LogP contribution in [0, 0.1) is 0 Å². The van der Waals surface area contributed by atoms with E-state index in [1.54, 1.807) is 7.11 Å². The summed E-state index contributed by atoms with van der Waals surface area (Å²) in [6.07, 6.45) is 0. The number of thioether (sulfide) groups is 2. The summed E-state index contributed by atoms with van der Waals surface area (Å²) in [7, 11) is 1.57. The lowest BCUT2D eigenvalue weighted by Gasteiger charge is -2.12. The van der Waals surface area contributed by atoms with Crippen molar-refractivity contribution in [2.24, 2.45) is 0 Å². The van der Waals surface area contributed by atoms with E-state index in [2.05, 4.69) is 15.9 Å². The Hall–Kier alpha value is -0.000000000000000167. The topological polar surface area (TPSA) is 29.5 Å². The zero-order chi connectivity index (χ0) is 10.8. The molecule has 1 aliphatic heterocycles. The van der Waals surface area contributed by atoms with Crippen LogP contribution in [0.25, 0.3) is 0 Å². The molecule has 0 aromatic heterocycles. The fraction of sp³-hybridized carbons (Fsp3) is 0.400. The molecule has 1 aromatic rings. The van der Waals surface area contributed by atoms with E-state index < -0.39 is 0 Å². The smallest absolute Gasteiger partial charge is 0.172 e. The van der Waals surface area contributed by atoms with Gasteiger partial charge in [-0.25, -0.2) is 0 Å². The second kappa shape index (κ2) is 4.89. The molecule has 1 saturated heterocycles. The van der Waals surface area contributed by atoms with Crippen molar-refractivity contribution in [1.29, 1.82) is 0 Å². The Labute approximate surface area is 106 Å². The Kier molecular flexibility index (Phi) is 3.74. The maximum absolute atomic E-state index is 9.68. The van der Waals surface area contributed by atoms with Crippen LogP contribution in [0.2, 0.25) is 0 Å². The first-order valence-electron chi connectivity index (χ1n) is 4.52. The summed E-state index contributed by atoms with van der Waals surface area (Å²) in [6.45, 7) is 0. The molecule has 0 bridgehead atoms. The first kappa shape index (κ1) is 11.5. The number of phenolic OH excluding ortho intramolecular Hbond substituents is 1. The van der Waals surface area contributed by atoms with Gasteiger partial charge >= 0.3 is 0 Å². The van der Waals surface area contributed by atoms with Gasteiger partial charge in [-0.3, -0.25) is 0 Å². The van der Waals surface area contributed by atoms with E-state index in [-0.39, 0.29) is 5.75 Å². The third kappa shape index (κ3) is 2.40. The molecule has 2 rings (SSSR count). The van der Waals surface area contributed by atoms with Crippen LogP contribution in [0.3, 0.4) is 0 Å². The molecule has 1 fully saturated rings. The van der Waals surface area contributed by atoms with Gasteiger partial charge in [0.05, 0.1) is 16.2 Å². The Morgan fingerprint density at radius 1 is 1.40 bits per heavy atom. The fourth-order valence-corrected chi connectivity index (χ4v) is 4.71. The lowest BCUT2D eigenvalue weighted by molar-refractivity contribution is 0.371. The predicted octanol–water partition coefficient (Wildman–Crippen LogP) is 3.64. The van der Waals surface area contributed by atoms with Crippen LogP contribution in [-0.4, -0.2) is 23.7 Å². The van der Waals surface area contributed by atoms with Crippen LogP contribution in [0.4, 0.5) is 0 Å². The van der Waals surface area contributed by atoms with Crippen LogP contribution >= 0.6 is 39.5 Å². The molecule has 0 atom stereocenters. The molecule has 1 heterocycles. The summed E-state index contributed by atoms with van der Waals surface area (Å²) < 4.78 is 6.29. The third-order valence-corrected chi connectivity index (χ3v) is 5.87. The first-order chi connectivity index (χ1) is 7.22. The monoisotopic (exact) mass is 306 g/mol. The highest BCUT2D eigenvalue weighted by molar-refractivity contribution is 9.10. The fourth-order valence-electron chi connectivity index (χ4n) is 1.44. The molecule has 82 valence electrons. The molecule has 0 unspecified atom stereocenters. The van der Waals surface area contributed by atoms with Crippen molar-refractivity contribution >= 4 is 39.5 Å². The van der Waals surface area contributed by atoms with Crippen LogP contribution < -0.4 is 4.74 Å². The van der Waals surface area contributed by atoms with Crippen molar-refractivity contribution < 1.29 is 9.84 Å². The molecule has 1 aromatic carbocycles. The van der Waals surface area contributed by atoms with Gasteiger partial charge in [-0.15, -0.1) is 23.5 Å². The van der Waals surface area contributed by atoms with Gasteiger partial charge in [0.1, 0.15) is 0 Å². The van der Waals surface area contributed by atoms with Crippen LogP contribution in [-0.2, 0) is 0 Å². The van der Waals surface area contributed by atoms with Crippen molar-refractivity contribution in [3.63, 3.8) is 0 Å². The Bertz CT molecular complexity index is 365. The number of aromatic hydroxyl groups is 1. The number of benzene rings is 1. The van der Waals surface area contributed by atoms with Crippen molar-refractivity contribution in [3.8, 4) is 11.5 Å². The predicted molar refractivity (Wildman–Crippen MR) is 70.0 cm³/mol. The molecule has 2 nitrogen and oxygen atoms in total. The maximum Gasteiger partial charge on any atom is 0.172 e. The maximum atomic E-state index is 9.68. The highest BCUT2D eigenvalue weighted by atomic mass is 79.9. The SMILES string of the molecule is COc1cc(C2SCCS2)cc(Br)c1O. The lowest BCUT2D eigenvalue weighted by Crippen LogP contribution is -1.90. The molecule has 0 radical (unpaired) electrons. The zero-order valence-electron chi connectivity index (χ0n) is 8.20. The van der Waals surface area contributed by atoms with Gasteiger partial charge in [0.2, 0.25) is 0 Å². The second-order valence-electron chi connectivity index (χ2n) is 3.13. The van der Waals surface area contributed by atoms with Crippen molar-refractivity contribution in [3.05, 3.63) is 22.2 Å². The van der Waals surface area contributed by atoms with Gasteiger partial charge in [0.15, 0.2) is 11.5 Å². The number of phenols is 1. The van der Waals surface area contributed by atoms with Gasteiger partial charge in [-0.1, -0.05) is 0 Å². The highest BCUT2D eigenvalue weighted by Gasteiger charge is 2.20. The minimum absolute atomic E-state index is 0.175. The average molecular weight is 307 g/mol. The van der Waals surface area contributed by atoms with Crippen LogP contribution in [0.15, 0.2) is 16.6 Å². The average Bonchev–Trinajstić information content (AvgIpc) is 2.75. The molecule has 0 spiro atoms. The van der Waals surface area contributed by atoms with E-state index in [9.17, 15) is 5.11 Å². The Morgan fingerprint density at radius 2 is 2.07 bits per heavy atom. The molecule has 1 aliphatic rings. The van der Waals surface area contributed by atoms with E-state index in [1.807, 2.05) is 35.7 Å². The van der Waals surface area contributed by atoms with E-state index in [4.69, 9.17) is 4.74 Å². The summed E-state index contributed by atoms with van der Waals surface area (Å²) in [5.41, 5.74) is 1.20. The quantitative estimate of drug-likeness (QED) is 0.903. The number of hydrogen-bond donors (Lipinski definition) is 1. The molecule has 1 N–H and O–H groups in total. The van der Waals surface area contributed by atoms with E-state index in [1.165, 1.54) is 17.1 Å². The normalized spacial score (nSPS) is 16.9. The summed E-state index contributed by atoms with van der Waals surface area (Å²) >= 11 is 7.20. The van der Waals surface area contributed by atoms with Gasteiger partial charge in [-0.2, -0.15) is 0 Å². The van der Waals surface area contributed by atoms with Gasteiger partial charge in [0.25, 0.3) is 0 Å². The van der Waals surface area contributed by atoms with Crippen LogP contribution in [0.5, 0.6) is 11.5 Å². The number of hydrogen-bond acceptors (Lipinski definition) is 4. The van der Waals surface area contributed by atoms with Crippen LogP contribution in [0.1, 0.15) is 10.1 Å². The number of halogens is 1. The highest BCUT2D eigenvalue weighted by Crippen LogP contribution is 2.48. The molecule has 0 aliphatic carbocycles. The second-order valence-corrected chi connectivity index (χ2v) is 6.71. The Balaban J connectivity index is 2.35. The molecular weight excluding hydrogens is 296 g/mol. The largest absolute Gasteiger partial charge is 0.503 e. The van der Waals surface area contributed by atoms with Crippen molar-refractivity contribution in [1.82, 2.24) is 0 Å². The molecule has 0 amide bonds. The number of methoxy groups -OCH3 is 1. The standard InChI is InChI=1S/C10H11BrO2S2/c1-13-8-5-6(4-7(11)9(8)12)10-14-2-3-15-10/h4-5,10,12H,2-3H2,1H3. The number of rotatable bonds is 2. The summed E-state index contributed by atoms with van der Waals surface area (Å²) in [5, 5.41) is 9.68. The molecular formula is C10H11BrO2S2. The molecule has 5 heteroatoms. The van der Waals surface area contributed by atoms with Crippen molar-refractivity contribution in [2.45, 2.75) is 4.58 Å². The number of ether oxygens (including phenoxy) is 1. The van der Waals surface area contributed by atoms with E-state index in [0.717, 1.165) is 0 Å². The summed E-state index contributed by atoms with van der Waals surface area (Å²) in [4.78, 5) is 0. The van der Waals surface area contributed by atoms with Gasteiger partial charge < -0.3 is 9.84 Å². The third-order valence-electron chi connectivity index (χ3n) is 2.16. The first-order valence-corrected chi connectivity index (χ1v) is 7.41. The Morgan fingerprint density at radius 3 is 2.67 bits per heavy atom. The minimum Gasteiger partial charge on any atom is -0.503 e. The van der Waals surface area contributed by atoms with E-state index >= 15 is 0 Å². The summed E-state index contributed by atoms with van der Waals surface area (Å²) in [5.74, 6) is 3.09. The van der Waals surface area contributed by atoms with Gasteiger partial charge in [-0.05, 0) is 33.6 Å². The summed E-state index contributed by atoms with van der Waals surface area (Å²) in [6, 6.07) is 3.88. The van der Waals surface area contributed by atoms with Gasteiger partial charge in [0, 0.05) is 11.5 Å². The van der Waals surface area contributed by atoms with Crippen molar-refractivity contribution in [2.75, 3.05) is 18.6 Å². The minimum atomic E-state index is 0.175. The lowest BCUT2D eigenvalue weighted by atomic mass is 10.2. The molecule has 15 heavy (non-hydrogen) atoms. The zero-order valence-corrected chi connectivity index (χ0v) is 11.4. The molecule has 0 saturated carbocycles.